The van der Waals surface area contributed by atoms with Crippen LogP contribution in [0.4, 0.5) is 5.82 Å². The van der Waals surface area contributed by atoms with Gasteiger partial charge in [-0.05, 0) is 0 Å². The molecular weight excluding hydrogens is 252 g/mol. The number of anilines is 1. The van der Waals surface area contributed by atoms with Crippen molar-refractivity contribution in [2.24, 2.45) is 5.92 Å². The Morgan fingerprint density at radius 3 is 2.89 bits per heavy atom. The second-order valence-electron chi connectivity index (χ2n) is 4.45. The summed E-state index contributed by atoms with van der Waals surface area (Å²) in [5.41, 5.74) is 5.09. The number of nitrogens with one attached hydrogen (secondary N) is 1. The molecule has 1 aromatic heterocycles. The maximum atomic E-state index is 11.6. The van der Waals surface area contributed by atoms with E-state index in [9.17, 15) is 14.4 Å². The summed E-state index contributed by atoms with van der Waals surface area (Å²) in [5.74, 6) is -1.31. The van der Waals surface area contributed by atoms with Gasteiger partial charge >= 0.3 is 5.97 Å². The molecule has 1 saturated heterocycles. The van der Waals surface area contributed by atoms with E-state index in [1.165, 1.54) is 11.0 Å². The Morgan fingerprint density at radius 2 is 2.32 bits per heavy atom. The summed E-state index contributed by atoms with van der Waals surface area (Å²) in [7, 11) is 0. The molecule has 8 nitrogen and oxygen atoms in total. The van der Waals surface area contributed by atoms with Crippen molar-refractivity contribution >= 4 is 17.7 Å². The van der Waals surface area contributed by atoms with Gasteiger partial charge in [-0.3, -0.25) is 14.4 Å². The maximum Gasteiger partial charge on any atom is 0.308 e. The fraction of sp³-hybridized carbons (Fsp3) is 0.455. The van der Waals surface area contributed by atoms with Crippen LogP contribution in [0.1, 0.15) is 12.2 Å². The van der Waals surface area contributed by atoms with Gasteiger partial charge in [-0.2, -0.15) is 0 Å². The van der Waals surface area contributed by atoms with Crippen molar-refractivity contribution in [3.8, 4) is 0 Å². The lowest BCUT2D eigenvalue weighted by Crippen LogP contribution is -2.29. The van der Waals surface area contributed by atoms with Crippen LogP contribution in [0.3, 0.4) is 0 Å². The average Bonchev–Trinajstić information content (AvgIpc) is 2.67. The molecule has 0 aliphatic carbocycles. The quantitative estimate of drug-likeness (QED) is 0.629. The van der Waals surface area contributed by atoms with Crippen molar-refractivity contribution in [1.82, 2.24) is 14.9 Å². The topological polar surface area (TPSA) is 129 Å². The lowest BCUT2D eigenvalue weighted by Gasteiger charge is -2.15. The number of hydrogen-bond donors (Lipinski definition) is 3. The lowest BCUT2D eigenvalue weighted by atomic mass is 10.1. The van der Waals surface area contributed by atoms with Gasteiger partial charge in [0, 0.05) is 32.0 Å². The normalized spacial score (nSPS) is 18.8. The molecule has 1 atom stereocenters. The van der Waals surface area contributed by atoms with Crippen molar-refractivity contribution < 1.29 is 14.7 Å². The summed E-state index contributed by atoms with van der Waals surface area (Å²) in [5, 5.41) is 8.85. The van der Waals surface area contributed by atoms with Gasteiger partial charge in [-0.15, -0.1) is 0 Å². The van der Waals surface area contributed by atoms with E-state index in [0.29, 0.717) is 18.8 Å². The fourth-order valence-corrected chi connectivity index (χ4v) is 2.04. The SMILES string of the molecule is Nc1cc(=O)[nH]c(CCN2C[C@@H](C(=O)O)CC2=O)n1. The first-order valence-electron chi connectivity index (χ1n) is 5.82. The number of amides is 1. The molecule has 0 spiro atoms. The van der Waals surface area contributed by atoms with Crippen LogP contribution >= 0.6 is 0 Å². The number of aliphatic carboxylic acids is 1. The number of carbonyl (C=O) groups is 2. The maximum absolute atomic E-state index is 11.6. The number of nitrogen functional groups attached to an aromatic ring is 1. The average molecular weight is 266 g/mol. The number of carbonyl (C=O) groups excluding carboxylic acids is 1. The molecule has 0 bridgehead atoms. The van der Waals surface area contributed by atoms with Crippen molar-refractivity contribution in [1.29, 1.82) is 0 Å². The van der Waals surface area contributed by atoms with Gasteiger partial charge in [0.1, 0.15) is 11.6 Å². The molecule has 2 heterocycles. The molecule has 19 heavy (non-hydrogen) atoms. The van der Waals surface area contributed by atoms with Gasteiger partial charge in [0.15, 0.2) is 0 Å². The number of aromatic nitrogens is 2. The molecule has 0 aromatic carbocycles. The number of carboxylic acid groups (broad SMARTS) is 1. The molecule has 1 aromatic rings. The van der Waals surface area contributed by atoms with Crippen LogP contribution in [0.15, 0.2) is 10.9 Å². The Bertz CT molecular complexity index is 568. The van der Waals surface area contributed by atoms with E-state index in [4.69, 9.17) is 10.8 Å². The van der Waals surface area contributed by atoms with Gasteiger partial charge in [0.05, 0.1) is 5.92 Å². The van der Waals surface area contributed by atoms with E-state index >= 15 is 0 Å². The van der Waals surface area contributed by atoms with Crippen LogP contribution < -0.4 is 11.3 Å². The zero-order valence-corrected chi connectivity index (χ0v) is 10.1. The molecule has 8 heteroatoms. The molecule has 4 N–H and O–H groups in total. The van der Waals surface area contributed by atoms with Crippen molar-refractivity contribution in [3.05, 3.63) is 22.2 Å². The van der Waals surface area contributed by atoms with Crippen LogP contribution in [-0.2, 0) is 16.0 Å². The summed E-state index contributed by atoms with van der Waals surface area (Å²) in [6, 6.07) is 1.17. The number of carboxylic acids is 1. The summed E-state index contributed by atoms with van der Waals surface area (Å²) < 4.78 is 0. The second kappa shape index (κ2) is 5.09. The third kappa shape index (κ3) is 3.09. The molecule has 1 amide bonds. The molecule has 2 rings (SSSR count). The van der Waals surface area contributed by atoms with Crippen LogP contribution in [-0.4, -0.2) is 44.9 Å². The summed E-state index contributed by atoms with van der Waals surface area (Å²) >= 11 is 0. The molecule has 1 aliphatic rings. The molecule has 102 valence electrons. The smallest absolute Gasteiger partial charge is 0.308 e. The molecular formula is C11H14N4O4. The number of nitrogens with zero attached hydrogens (tertiary/aromatic N) is 2. The predicted molar refractivity (Wildman–Crippen MR) is 65.3 cm³/mol. The number of H-pyrrole nitrogens is 1. The van der Waals surface area contributed by atoms with Gasteiger partial charge in [0.25, 0.3) is 5.56 Å². The molecule has 0 radical (unpaired) electrons. The fourth-order valence-electron chi connectivity index (χ4n) is 2.04. The predicted octanol–water partition coefficient (Wildman–Crippen LogP) is -1.17. The van der Waals surface area contributed by atoms with Crippen molar-refractivity contribution in [2.45, 2.75) is 12.8 Å². The summed E-state index contributed by atoms with van der Waals surface area (Å²) in [6.45, 7) is 0.510. The van der Waals surface area contributed by atoms with E-state index in [1.54, 1.807) is 0 Å². The van der Waals surface area contributed by atoms with Crippen LogP contribution in [0.25, 0.3) is 0 Å². The number of rotatable bonds is 4. The third-order valence-electron chi connectivity index (χ3n) is 2.99. The minimum Gasteiger partial charge on any atom is -0.481 e. The highest BCUT2D eigenvalue weighted by Crippen LogP contribution is 2.17. The molecule has 1 aliphatic heterocycles. The van der Waals surface area contributed by atoms with E-state index in [-0.39, 0.29) is 30.2 Å². The Labute approximate surface area is 108 Å². The van der Waals surface area contributed by atoms with E-state index in [0.717, 1.165) is 0 Å². The summed E-state index contributed by atoms with van der Waals surface area (Å²) in [6.07, 6.45) is 0.356. The Balaban J connectivity index is 1.97. The van der Waals surface area contributed by atoms with Crippen molar-refractivity contribution in [3.63, 3.8) is 0 Å². The highest BCUT2D eigenvalue weighted by molar-refractivity contribution is 5.86. The molecule has 1 fully saturated rings. The molecule has 0 unspecified atom stereocenters. The minimum absolute atomic E-state index is 0.0240. The van der Waals surface area contributed by atoms with E-state index < -0.39 is 11.9 Å². The Kier molecular flexibility index (Phi) is 3.50. The van der Waals surface area contributed by atoms with Gasteiger partial charge in [0.2, 0.25) is 5.91 Å². The summed E-state index contributed by atoms with van der Waals surface area (Å²) in [4.78, 5) is 41.5. The number of likely N-dealkylation sites (tertiary alicyclic amines) is 1. The van der Waals surface area contributed by atoms with Crippen molar-refractivity contribution in [2.75, 3.05) is 18.8 Å². The number of nitrogens with two attached hydrogens (primary N) is 1. The number of hydrogen-bond acceptors (Lipinski definition) is 5. The standard InChI is InChI=1S/C11H14N4O4/c12-7-4-9(16)14-8(13-7)1-2-15-5-6(11(18)19)3-10(15)17/h4,6H,1-3,5H2,(H,18,19)(H3,12,13,14,16)/t6-/m0/s1. The highest BCUT2D eigenvalue weighted by Gasteiger charge is 2.33. The first-order chi connectivity index (χ1) is 8.95. The lowest BCUT2D eigenvalue weighted by molar-refractivity contribution is -0.141. The highest BCUT2D eigenvalue weighted by atomic mass is 16.4. The van der Waals surface area contributed by atoms with Gasteiger partial charge in [-0.25, -0.2) is 4.98 Å². The monoisotopic (exact) mass is 266 g/mol. The van der Waals surface area contributed by atoms with Crippen LogP contribution in [0, 0.1) is 5.92 Å². The van der Waals surface area contributed by atoms with Gasteiger partial charge < -0.3 is 20.7 Å². The van der Waals surface area contributed by atoms with E-state index in [1.807, 2.05) is 0 Å². The Morgan fingerprint density at radius 1 is 1.58 bits per heavy atom. The zero-order valence-electron chi connectivity index (χ0n) is 10.1. The third-order valence-corrected chi connectivity index (χ3v) is 2.99. The largest absolute Gasteiger partial charge is 0.481 e. The van der Waals surface area contributed by atoms with Gasteiger partial charge in [-0.1, -0.05) is 0 Å². The minimum atomic E-state index is -0.966. The zero-order chi connectivity index (χ0) is 14.0. The first kappa shape index (κ1) is 13.1. The van der Waals surface area contributed by atoms with E-state index in [2.05, 4.69) is 9.97 Å². The Hall–Kier alpha value is -2.38. The second-order valence-corrected chi connectivity index (χ2v) is 4.45. The van der Waals surface area contributed by atoms with Crippen LogP contribution in [0.5, 0.6) is 0 Å². The van der Waals surface area contributed by atoms with Crippen LogP contribution in [0.2, 0.25) is 0 Å². The number of aromatic amines is 1. The first-order valence-corrected chi connectivity index (χ1v) is 5.82. The molecule has 0 saturated carbocycles.